The van der Waals surface area contributed by atoms with Gasteiger partial charge in [-0.1, -0.05) is 30.3 Å². The number of aliphatic hydroxyl groups is 1. The molecule has 1 aromatic rings. The molecule has 2 N–H and O–H groups in total. The molecule has 1 aliphatic heterocycles. The zero-order valence-electron chi connectivity index (χ0n) is 9.39. The van der Waals surface area contributed by atoms with Gasteiger partial charge in [0.05, 0.1) is 18.5 Å². The van der Waals surface area contributed by atoms with Crippen molar-refractivity contribution in [3.63, 3.8) is 0 Å². The highest BCUT2D eigenvalue weighted by Gasteiger charge is 2.12. The average Bonchev–Trinajstić information content (AvgIpc) is 2.82. The van der Waals surface area contributed by atoms with Crippen molar-refractivity contribution in [2.45, 2.75) is 25.3 Å². The first kappa shape index (κ1) is 11.1. The molecule has 3 heteroatoms. The van der Waals surface area contributed by atoms with Crippen molar-refractivity contribution < 1.29 is 5.11 Å². The molecule has 0 fully saturated rings. The maximum absolute atomic E-state index is 9.33. The SMILES string of the molecule is OCC(Cc1ccccc1)NC1=NCCC1. The van der Waals surface area contributed by atoms with Crippen LogP contribution in [0.3, 0.4) is 0 Å². The monoisotopic (exact) mass is 218 g/mol. The standard InChI is InChI=1S/C13H18N2O/c16-10-12(15-13-7-4-8-14-13)9-11-5-2-1-3-6-11/h1-3,5-6,12,16H,4,7-10H2,(H,14,15). The number of nitrogens with zero attached hydrogens (tertiary/aromatic N) is 1. The quantitative estimate of drug-likeness (QED) is 0.801. The summed E-state index contributed by atoms with van der Waals surface area (Å²) in [6.45, 7) is 1.07. The summed E-state index contributed by atoms with van der Waals surface area (Å²) in [7, 11) is 0. The summed E-state index contributed by atoms with van der Waals surface area (Å²) in [6, 6.07) is 10.3. The Morgan fingerprint density at radius 3 is 2.75 bits per heavy atom. The third-order valence-electron chi connectivity index (χ3n) is 2.79. The number of nitrogens with one attached hydrogen (secondary N) is 1. The molecule has 0 radical (unpaired) electrons. The van der Waals surface area contributed by atoms with Crippen LogP contribution < -0.4 is 5.32 Å². The molecule has 2 rings (SSSR count). The van der Waals surface area contributed by atoms with E-state index in [0.29, 0.717) is 0 Å². The molecule has 0 spiro atoms. The molecular weight excluding hydrogens is 200 g/mol. The zero-order chi connectivity index (χ0) is 11.2. The Morgan fingerprint density at radius 1 is 1.31 bits per heavy atom. The Bertz CT molecular complexity index is 348. The first-order chi connectivity index (χ1) is 7.88. The van der Waals surface area contributed by atoms with Crippen LogP contribution in [0.2, 0.25) is 0 Å². The van der Waals surface area contributed by atoms with Crippen LogP contribution >= 0.6 is 0 Å². The molecule has 16 heavy (non-hydrogen) atoms. The minimum absolute atomic E-state index is 0.0826. The molecule has 1 unspecified atom stereocenters. The van der Waals surface area contributed by atoms with E-state index in [1.807, 2.05) is 18.2 Å². The number of hydrogen-bond acceptors (Lipinski definition) is 3. The topological polar surface area (TPSA) is 44.6 Å². The fraction of sp³-hybridized carbons (Fsp3) is 0.462. The first-order valence-electron chi connectivity index (χ1n) is 5.83. The number of hydrogen-bond donors (Lipinski definition) is 2. The summed E-state index contributed by atoms with van der Waals surface area (Å²) in [6.07, 6.45) is 2.99. The summed E-state index contributed by atoms with van der Waals surface area (Å²) in [5.74, 6) is 1.05. The molecule has 1 aromatic carbocycles. The van der Waals surface area contributed by atoms with E-state index < -0.39 is 0 Å². The number of amidine groups is 1. The molecule has 86 valence electrons. The summed E-state index contributed by atoms with van der Waals surface area (Å²) in [5.41, 5.74) is 1.24. The Balaban J connectivity index is 1.90. The second-order valence-corrected chi connectivity index (χ2v) is 4.15. The Kier molecular flexibility index (Phi) is 3.94. The van der Waals surface area contributed by atoms with Crippen molar-refractivity contribution in [1.29, 1.82) is 0 Å². The smallest absolute Gasteiger partial charge is 0.0966 e. The molecule has 0 amide bonds. The van der Waals surface area contributed by atoms with Gasteiger partial charge in [0.2, 0.25) is 0 Å². The highest BCUT2D eigenvalue weighted by Crippen LogP contribution is 2.06. The molecule has 0 bridgehead atoms. The number of aliphatic imine (C=N–C) groups is 1. The van der Waals surface area contributed by atoms with E-state index in [-0.39, 0.29) is 12.6 Å². The van der Waals surface area contributed by atoms with Gasteiger partial charge in [-0.05, 0) is 18.4 Å². The first-order valence-corrected chi connectivity index (χ1v) is 5.83. The van der Waals surface area contributed by atoms with Crippen LogP contribution in [-0.4, -0.2) is 30.1 Å². The number of rotatable bonds is 4. The fourth-order valence-corrected chi connectivity index (χ4v) is 1.95. The van der Waals surface area contributed by atoms with Crippen molar-refractivity contribution in [1.82, 2.24) is 5.32 Å². The van der Waals surface area contributed by atoms with Gasteiger partial charge in [0.15, 0.2) is 0 Å². The van der Waals surface area contributed by atoms with E-state index in [4.69, 9.17) is 0 Å². The van der Waals surface area contributed by atoms with Crippen LogP contribution in [0.1, 0.15) is 18.4 Å². The maximum atomic E-state index is 9.33. The van der Waals surface area contributed by atoms with Crippen LogP contribution in [0.4, 0.5) is 0 Å². The van der Waals surface area contributed by atoms with E-state index in [9.17, 15) is 5.11 Å². The second-order valence-electron chi connectivity index (χ2n) is 4.15. The van der Waals surface area contributed by atoms with Gasteiger partial charge in [-0.3, -0.25) is 4.99 Å². The van der Waals surface area contributed by atoms with Gasteiger partial charge >= 0.3 is 0 Å². The van der Waals surface area contributed by atoms with Crippen LogP contribution in [0, 0.1) is 0 Å². The zero-order valence-corrected chi connectivity index (χ0v) is 9.39. The van der Waals surface area contributed by atoms with Crippen molar-refractivity contribution >= 4 is 5.84 Å². The van der Waals surface area contributed by atoms with Gasteiger partial charge in [0, 0.05) is 13.0 Å². The van der Waals surface area contributed by atoms with E-state index in [0.717, 1.165) is 31.6 Å². The molecule has 1 atom stereocenters. The van der Waals surface area contributed by atoms with Gasteiger partial charge < -0.3 is 10.4 Å². The lowest BCUT2D eigenvalue weighted by Gasteiger charge is -2.17. The Hall–Kier alpha value is -1.35. The van der Waals surface area contributed by atoms with Gasteiger partial charge in [0.1, 0.15) is 0 Å². The summed E-state index contributed by atoms with van der Waals surface area (Å²) in [4.78, 5) is 4.36. The molecule has 0 saturated carbocycles. The largest absolute Gasteiger partial charge is 0.394 e. The van der Waals surface area contributed by atoms with E-state index in [2.05, 4.69) is 22.4 Å². The van der Waals surface area contributed by atoms with E-state index in [1.54, 1.807) is 0 Å². The Morgan fingerprint density at radius 2 is 2.12 bits per heavy atom. The minimum Gasteiger partial charge on any atom is -0.394 e. The number of aliphatic hydroxyl groups excluding tert-OH is 1. The molecule has 0 aromatic heterocycles. The van der Waals surface area contributed by atoms with E-state index >= 15 is 0 Å². The molecule has 1 aliphatic rings. The predicted molar refractivity (Wildman–Crippen MR) is 65.7 cm³/mol. The van der Waals surface area contributed by atoms with Gasteiger partial charge in [-0.25, -0.2) is 0 Å². The minimum atomic E-state index is 0.0826. The molecular formula is C13H18N2O. The van der Waals surface area contributed by atoms with Crippen molar-refractivity contribution in [2.75, 3.05) is 13.2 Å². The normalized spacial score (nSPS) is 16.9. The van der Waals surface area contributed by atoms with Crippen LogP contribution in [0.5, 0.6) is 0 Å². The van der Waals surface area contributed by atoms with Gasteiger partial charge in [-0.15, -0.1) is 0 Å². The van der Waals surface area contributed by atoms with Gasteiger partial charge in [-0.2, -0.15) is 0 Å². The lowest BCUT2D eigenvalue weighted by Crippen LogP contribution is -2.38. The van der Waals surface area contributed by atoms with Crippen LogP contribution in [-0.2, 0) is 6.42 Å². The van der Waals surface area contributed by atoms with E-state index in [1.165, 1.54) is 5.56 Å². The molecule has 1 heterocycles. The molecule has 3 nitrogen and oxygen atoms in total. The lowest BCUT2D eigenvalue weighted by molar-refractivity contribution is 0.254. The highest BCUT2D eigenvalue weighted by molar-refractivity contribution is 5.83. The Labute approximate surface area is 96.2 Å². The van der Waals surface area contributed by atoms with Crippen molar-refractivity contribution in [3.05, 3.63) is 35.9 Å². The number of benzene rings is 1. The highest BCUT2D eigenvalue weighted by atomic mass is 16.3. The molecule has 0 aliphatic carbocycles. The maximum Gasteiger partial charge on any atom is 0.0966 e. The summed E-state index contributed by atoms with van der Waals surface area (Å²) >= 11 is 0. The van der Waals surface area contributed by atoms with Crippen molar-refractivity contribution in [2.24, 2.45) is 4.99 Å². The van der Waals surface area contributed by atoms with Crippen LogP contribution in [0.25, 0.3) is 0 Å². The summed E-state index contributed by atoms with van der Waals surface area (Å²) < 4.78 is 0. The summed E-state index contributed by atoms with van der Waals surface area (Å²) in [5, 5.41) is 12.6. The third kappa shape index (κ3) is 3.07. The second kappa shape index (κ2) is 5.66. The average molecular weight is 218 g/mol. The predicted octanol–water partition coefficient (Wildman–Crippen LogP) is 1.37. The lowest BCUT2D eigenvalue weighted by atomic mass is 10.1. The third-order valence-corrected chi connectivity index (χ3v) is 2.79. The van der Waals surface area contributed by atoms with Crippen molar-refractivity contribution in [3.8, 4) is 0 Å². The fourth-order valence-electron chi connectivity index (χ4n) is 1.95. The molecule has 0 saturated heterocycles. The van der Waals surface area contributed by atoms with Crippen LogP contribution in [0.15, 0.2) is 35.3 Å². The van der Waals surface area contributed by atoms with Gasteiger partial charge in [0.25, 0.3) is 0 Å².